The maximum absolute atomic E-state index is 13.3. The first-order valence-corrected chi connectivity index (χ1v) is 15.1. The highest BCUT2D eigenvalue weighted by molar-refractivity contribution is 6.00. The number of anilines is 2. The number of amides is 3. The van der Waals surface area contributed by atoms with Gasteiger partial charge in [-0.25, -0.2) is 14.3 Å². The van der Waals surface area contributed by atoms with Gasteiger partial charge in [0.1, 0.15) is 11.4 Å². The lowest BCUT2D eigenvalue weighted by Gasteiger charge is -2.39. The van der Waals surface area contributed by atoms with Gasteiger partial charge in [-0.15, -0.1) is 0 Å². The summed E-state index contributed by atoms with van der Waals surface area (Å²) in [6, 6.07) is 18.2. The maximum atomic E-state index is 13.3. The Labute approximate surface area is 249 Å². The highest BCUT2D eigenvalue weighted by atomic mass is 16.6. The molecule has 0 aliphatic carbocycles. The molecule has 2 aliphatic rings. The number of carbonyl (C=O) groups excluding carboxylic acids is 2. The number of rotatable bonds is 5. The minimum absolute atomic E-state index is 0.173. The van der Waals surface area contributed by atoms with Crippen molar-refractivity contribution in [2.24, 2.45) is 5.92 Å². The molecule has 2 aromatic carbocycles. The van der Waals surface area contributed by atoms with Crippen molar-refractivity contribution in [3.05, 3.63) is 71.4 Å². The standard InChI is InChI=1S/C34H45N5O3/c1-22-12-14-25(15-13-22)39-30(21-29(37-39)33(2,3)4)36-31(40)35-28-11-9-8-10-24(28)18-23-19-26-16-17-27(20-23)38(26)32(41)42-34(5,6)7/h8-15,21,23,26-27H,16-20H2,1-7H3,(H2,35,36,40). The van der Waals surface area contributed by atoms with E-state index in [9.17, 15) is 9.59 Å². The molecule has 1 aromatic heterocycles. The highest BCUT2D eigenvalue weighted by Crippen LogP contribution is 2.41. The van der Waals surface area contributed by atoms with Gasteiger partial charge in [-0.1, -0.05) is 56.7 Å². The quantitative estimate of drug-likeness (QED) is 0.326. The molecular formula is C34H45N5O3. The summed E-state index contributed by atoms with van der Waals surface area (Å²) in [7, 11) is 0. The van der Waals surface area contributed by atoms with Crippen LogP contribution in [0.25, 0.3) is 5.69 Å². The Balaban J connectivity index is 1.28. The van der Waals surface area contributed by atoms with Crippen LogP contribution in [0.4, 0.5) is 21.1 Å². The fourth-order valence-corrected chi connectivity index (χ4v) is 6.19. The van der Waals surface area contributed by atoms with Crippen molar-refractivity contribution in [1.29, 1.82) is 0 Å². The topological polar surface area (TPSA) is 88.5 Å². The molecule has 42 heavy (non-hydrogen) atoms. The van der Waals surface area contributed by atoms with Gasteiger partial charge in [0.25, 0.3) is 0 Å². The number of aromatic nitrogens is 2. The maximum Gasteiger partial charge on any atom is 0.410 e. The molecule has 3 amide bonds. The largest absolute Gasteiger partial charge is 0.444 e. The van der Waals surface area contributed by atoms with Crippen LogP contribution in [0.2, 0.25) is 0 Å². The number of para-hydroxylation sites is 1. The molecule has 0 saturated carbocycles. The van der Waals surface area contributed by atoms with Crippen LogP contribution in [0.15, 0.2) is 54.6 Å². The van der Waals surface area contributed by atoms with Gasteiger partial charge in [0.05, 0.1) is 11.4 Å². The third-order valence-electron chi connectivity index (χ3n) is 8.21. The van der Waals surface area contributed by atoms with Crippen molar-refractivity contribution >= 4 is 23.6 Å². The average molecular weight is 572 g/mol. The number of carbonyl (C=O) groups is 2. The Morgan fingerprint density at radius 3 is 2.19 bits per heavy atom. The lowest BCUT2D eigenvalue weighted by Crippen LogP contribution is -2.48. The predicted octanol–water partition coefficient (Wildman–Crippen LogP) is 7.84. The number of hydrogen-bond acceptors (Lipinski definition) is 4. The highest BCUT2D eigenvalue weighted by Gasteiger charge is 2.44. The van der Waals surface area contributed by atoms with E-state index in [0.29, 0.717) is 11.7 Å². The van der Waals surface area contributed by atoms with E-state index in [0.717, 1.165) is 60.3 Å². The lowest BCUT2D eigenvalue weighted by molar-refractivity contribution is 0.00216. The first-order valence-electron chi connectivity index (χ1n) is 15.1. The molecular weight excluding hydrogens is 526 g/mol. The van der Waals surface area contributed by atoms with Crippen molar-refractivity contribution in [2.75, 3.05) is 10.6 Å². The summed E-state index contributed by atoms with van der Waals surface area (Å²) in [6.07, 6.45) is 4.60. The van der Waals surface area contributed by atoms with Gasteiger partial charge < -0.3 is 15.0 Å². The third kappa shape index (κ3) is 6.80. The molecule has 5 rings (SSSR count). The number of piperidine rings is 1. The molecule has 8 heteroatoms. The summed E-state index contributed by atoms with van der Waals surface area (Å²) in [5.41, 5.74) is 4.18. The third-order valence-corrected chi connectivity index (χ3v) is 8.21. The molecule has 2 saturated heterocycles. The smallest absolute Gasteiger partial charge is 0.410 e. The number of hydrogen-bond donors (Lipinski definition) is 2. The van der Waals surface area contributed by atoms with Gasteiger partial charge in [-0.3, -0.25) is 5.32 Å². The first kappa shape index (κ1) is 29.7. The number of ether oxygens (including phenoxy) is 1. The van der Waals surface area contributed by atoms with E-state index >= 15 is 0 Å². The van der Waals surface area contributed by atoms with Crippen LogP contribution in [0, 0.1) is 12.8 Å². The fraction of sp³-hybridized carbons (Fsp3) is 0.500. The van der Waals surface area contributed by atoms with Crippen LogP contribution in [0.3, 0.4) is 0 Å². The average Bonchev–Trinajstić information content (AvgIpc) is 3.43. The van der Waals surface area contributed by atoms with E-state index in [-0.39, 0.29) is 29.6 Å². The van der Waals surface area contributed by atoms with Crippen LogP contribution in [0.1, 0.15) is 84.0 Å². The summed E-state index contributed by atoms with van der Waals surface area (Å²) in [6.45, 7) is 14.1. The Morgan fingerprint density at radius 2 is 1.57 bits per heavy atom. The number of benzene rings is 2. The van der Waals surface area contributed by atoms with Crippen molar-refractivity contribution in [3.8, 4) is 5.69 Å². The Hall–Kier alpha value is -3.81. The zero-order valence-electron chi connectivity index (χ0n) is 26.0. The van der Waals surface area contributed by atoms with Crippen LogP contribution < -0.4 is 10.6 Å². The fourth-order valence-electron chi connectivity index (χ4n) is 6.19. The van der Waals surface area contributed by atoms with Gasteiger partial charge in [-0.05, 0) is 89.5 Å². The predicted molar refractivity (Wildman–Crippen MR) is 167 cm³/mol. The number of aryl methyl sites for hydroxylation is 1. The molecule has 0 radical (unpaired) electrons. The van der Waals surface area contributed by atoms with Crippen molar-refractivity contribution in [3.63, 3.8) is 0 Å². The van der Waals surface area contributed by atoms with Crippen molar-refractivity contribution < 1.29 is 14.3 Å². The van der Waals surface area contributed by atoms with Gasteiger partial charge in [0.2, 0.25) is 0 Å². The minimum Gasteiger partial charge on any atom is -0.444 e. The van der Waals surface area contributed by atoms with Gasteiger partial charge in [0, 0.05) is 29.3 Å². The summed E-state index contributed by atoms with van der Waals surface area (Å²) >= 11 is 0. The summed E-state index contributed by atoms with van der Waals surface area (Å²) in [4.78, 5) is 28.2. The lowest BCUT2D eigenvalue weighted by atomic mass is 9.85. The number of fused-ring (bicyclic) bond motifs is 2. The van der Waals surface area contributed by atoms with Gasteiger partial charge in [-0.2, -0.15) is 5.10 Å². The molecule has 224 valence electrons. The summed E-state index contributed by atoms with van der Waals surface area (Å²) < 4.78 is 7.50. The molecule has 8 nitrogen and oxygen atoms in total. The second-order valence-corrected chi connectivity index (χ2v) is 14.0. The zero-order valence-corrected chi connectivity index (χ0v) is 26.0. The first-order chi connectivity index (χ1) is 19.8. The molecule has 3 heterocycles. The molecule has 2 fully saturated rings. The second kappa shape index (κ2) is 11.5. The molecule has 2 N–H and O–H groups in total. The minimum atomic E-state index is -0.495. The molecule has 2 bridgehead atoms. The van der Waals surface area contributed by atoms with Crippen LogP contribution >= 0.6 is 0 Å². The second-order valence-electron chi connectivity index (χ2n) is 14.0. The van der Waals surface area contributed by atoms with Gasteiger partial charge in [0.15, 0.2) is 0 Å². The molecule has 3 aromatic rings. The summed E-state index contributed by atoms with van der Waals surface area (Å²) in [5.74, 6) is 1.05. The monoisotopic (exact) mass is 571 g/mol. The zero-order chi connectivity index (χ0) is 30.2. The van der Waals surface area contributed by atoms with Crippen LogP contribution in [-0.2, 0) is 16.6 Å². The van der Waals surface area contributed by atoms with E-state index in [1.165, 1.54) is 0 Å². The van der Waals surface area contributed by atoms with Crippen molar-refractivity contribution in [2.45, 2.75) is 104 Å². The Morgan fingerprint density at radius 1 is 0.929 bits per heavy atom. The van der Waals surface area contributed by atoms with Gasteiger partial charge >= 0.3 is 12.1 Å². The molecule has 2 aliphatic heterocycles. The van der Waals surface area contributed by atoms with Crippen molar-refractivity contribution in [1.82, 2.24) is 14.7 Å². The molecule has 2 unspecified atom stereocenters. The van der Waals surface area contributed by atoms with E-state index < -0.39 is 5.60 Å². The number of nitrogens with zero attached hydrogens (tertiary/aromatic N) is 3. The molecule has 0 spiro atoms. The van der Waals surface area contributed by atoms with E-state index in [1.54, 1.807) is 4.68 Å². The summed E-state index contributed by atoms with van der Waals surface area (Å²) in [5, 5.41) is 11.0. The normalized spacial score (nSPS) is 20.4. The SMILES string of the molecule is Cc1ccc(-n2nc(C(C)(C)C)cc2NC(=O)Nc2ccccc2CC2CC3CCC(C2)N3C(=O)OC(C)(C)C)cc1. The molecule has 2 atom stereocenters. The van der Waals surface area contributed by atoms with E-state index in [4.69, 9.17) is 9.84 Å². The van der Waals surface area contributed by atoms with Crippen LogP contribution in [-0.4, -0.2) is 44.5 Å². The number of nitrogens with one attached hydrogen (secondary N) is 2. The Kier molecular flexibility index (Phi) is 8.10. The Bertz CT molecular complexity index is 1420. The van der Waals surface area contributed by atoms with E-state index in [1.807, 2.05) is 81.1 Å². The van der Waals surface area contributed by atoms with Crippen LogP contribution in [0.5, 0.6) is 0 Å². The number of urea groups is 1. The van der Waals surface area contributed by atoms with E-state index in [2.05, 4.69) is 37.5 Å².